The fourth-order valence-electron chi connectivity index (χ4n) is 3.00. The van der Waals surface area contributed by atoms with Crippen molar-refractivity contribution in [1.82, 2.24) is 4.90 Å². The van der Waals surface area contributed by atoms with Crippen LogP contribution in [0.1, 0.15) is 35.2 Å². The third kappa shape index (κ3) is 4.73. The van der Waals surface area contributed by atoms with E-state index in [-0.39, 0.29) is 11.8 Å². The normalized spacial score (nSPS) is 14.4. The van der Waals surface area contributed by atoms with Gasteiger partial charge < -0.3 is 10.2 Å². The van der Waals surface area contributed by atoms with Crippen molar-refractivity contribution >= 4 is 35.2 Å². The van der Waals surface area contributed by atoms with Gasteiger partial charge in [-0.15, -0.1) is 0 Å². The molecule has 2 aromatic carbocycles. The molecular weight excluding hydrogens is 348 g/mol. The number of benzene rings is 2. The van der Waals surface area contributed by atoms with Gasteiger partial charge in [-0.25, -0.2) is 0 Å². The molecule has 5 heteroatoms. The minimum atomic E-state index is -0.288. The number of hydrogen-bond donors (Lipinski definition) is 1. The molecule has 26 heavy (non-hydrogen) atoms. The Morgan fingerprint density at radius 3 is 2.54 bits per heavy atom. The third-order valence-electron chi connectivity index (χ3n) is 4.33. The first-order chi connectivity index (χ1) is 12.6. The lowest BCUT2D eigenvalue weighted by molar-refractivity contribution is -0.111. The van der Waals surface area contributed by atoms with Gasteiger partial charge in [0.25, 0.3) is 5.91 Å². The summed E-state index contributed by atoms with van der Waals surface area (Å²) in [5.74, 6) is -0.316. The second-order valence-corrected chi connectivity index (χ2v) is 6.71. The van der Waals surface area contributed by atoms with E-state index in [0.29, 0.717) is 16.3 Å². The number of amides is 2. The van der Waals surface area contributed by atoms with Crippen LogP contribution in [0.4, 0.5) is 5.69 Å². The highest BCUT2D eigenvalue weighted by molar-refractivity contribution is 6.30. The molecule has 0 aromatic heterocycles. The lowest BCUT2D eigenvalue weighted by Gasteiger charge is -2.27. The monoisotopic (exact) mass is 368 g/mol. The highest BCUT2D eigenvalue weighted by Crippen LogP contribution is 2.20. The summed E-state index contributed by atoms with van der Waals surface area (Å²) < 4.78 is 0. The molecule has 2 aromatic rings. The molecule has 0 aliphatic carbocycles. The average molecular weight is 369 g/mol. The lowest BCUT2D eigenvalue weighted by atomic mass is 10.1. The van der Waals surface area contributed by atoms with Crippen molar-refractivity contribution in [3.05, 3.63) is 70.8 Å². The van der Waals surface area contributed by atoms with E-state index >= 15 is 0 Å². The predicted molar refractivity (Wildman–Crippen MR) is 105 cm³/mol. The van der Waals surface area contributed by atoms with E-state index in [1.807, 2.05) is 29.2 Å². The number of likely N-dealkylation sites (tertiary alicyclic amines) is 1. The van der Waals surface area contributed by atoms with Crippen LogP contribution in [0.15, 0.2) is 54.6 Å². The van der Waals surface area contributed by atoms with Crippen molar-refractivity contribution in [2.45, 2.75) is 19.3 Å². The molecule has 4 nitrogen and oxygen atoms in total. The Morgan fingerprint density at radius 1 is 1.00 bits per heavy atom. The Morgan fingerprint density at radius 2 is 1.77 bits per heavy atom. The molecule has 1 heterocycles. The number of nitrogens with one attached hydrogen (secondary N) is 1. The second-order valence-electron chi connectivity index (χ2n) is 6.28. The van der Waals surface area contributed by atoms with Crippen LogP contribution in [-0.4, -0.2) is 29.8 Å². The molecule has 1 saturated heterocycles. The number of piperidine rings is 1. The highest BCUT2D eigenvalue weighted by Gasteiger charge is 2.20. The van der Waals surface area contributed by atoms with Crippen molar-refractivity contribution in [3.8, 4) is 0 Å². The number of nitrogens with zero attached hydrogens (tertiary/aromatic N) is 1. The minimum Gasteiger partial charge on any atom is -0.339 e. The van der Waals surface area contributed by atoms with Gasteiger partial charge in [0.2, 0.25) is 5.91 Å². The van der Waals surface area contributed by atoms with Gasteiger partial charge in [0, 0.05) is 24.2 Å². The van der Waals surface area contributed by atoms with Crippen molar-refractivity contribution in [2.75, 3.05) is 18.4 Å². The average Bonchev–Trinajstić information content (AvgIpc) is 2.67. The first kappa shape index (κ1) is 18.2. The van der Waals surface area contributed by atoms with Gasteiger partial charge in [0.1, 0.15) is 0 Å². The SMILES string of the molecule is O=C(/C=C/c1cccc(Cl)c1)Nc1ccccc1C(=O)N1CCCCC1. The molecule has 1 fully saturated rings. The molecule has 2 amide bonds. The zero-order chi connectivity index (χ0) is 18.4. The van der Waals surface area contributed by atoms with Gasteiger partial charge in [-0.2, -0.15) is 0 Å². The molecule has 0 saturated carbocycles. The zero-order valence-electron chi connectivity index (χ0n) is 14.5. The molecule has 0 spiro atoms. The molecule has 3 rings (SSSR count). The van der Waals surface area contributed by atoms with E-state index in [2.05, 4.69) is 5.32 Å². The van der Waals surface area contributed by atoms with E-state index < -0.39 is 0 Å². The lowest BCUT2D eigenvalue weighted by Crippen LogP contribution is -2.36. The molecule has 0 radical (unpaired) electrons. The molecule has 0 unspecified atom stereocenters. The first-order valence-electron chi connectivity index (χ1n) is 8.76. The van der Waals surface area contributed by atoms with Crippen molar-refractivity contribution < 1.29 is 9.59 Å². The summed E-state index contributed by atoms with van der Waals surface area (Å²) in [4.78, 5) is 26.9. The molecule has 0 atom stereocenters. The van der Waals surface area contributed by atoms with Crippen molar-refractivity contribution in [1.29, 1.82) is 0 Å². The van der Waals surface area contributed by atoms with Crippen LogP contribution < -0.4 is 5.32 Å². The number of carbonyl (C=O) groups is 2. The zero-order valence-corrected chi connectivity index (χ0v) is 15.2. The first-order valence-corrected chi connectivity index (χ1v) is 9.14. The minimum absolute atomic E-state index is 0.0283. The maximum atomic E-state index is 12.8. The van der Waals surface area contributed by atoms with Crippen LogP contribution in [0, 0.1) is 0 Å². The Balaban J connectivity index is 1.71. The highest BCUT2D eigenvalue weighted by atomic mass is 35.5. The van der Waals surface area contributed by atoms with Crippen molar-refractivity contribution in [2.24, 2.45) is 0 Å². The quantitative estimate of drug-likeness (QED) is 0.800. The molecule has 0 bridgehead atoms. The molecule has 1 aliphatic heterocycles. The Bertz CT molecular complexity index is 826. The van der Waals surface area contributed by atoms with Gasteiger partial charge in [-0.05, 0) is 55.2 Å². The number of rotatable bonds is 4. The molecule has 134 valence electrons. The number of para-hydroxylation sites is 1. The summed E-state index contributed by atoms with van der Waals surface area (Å²) >= 11 is 5.94. The fourth-order valence-corrected chi connectivity index (χ4v) is 3.20. The number of halogens is 1. The second kappa shape index (κ2) is 8.68. The van der Waals surface area contributed by atoms with Crippen LogP contribution >= 0.6 is 11.6 Å². The van der Waals surface area contributed by atoms with E-state index in [9.17, 15) is 9.59 Å². The summed E-state index contributed by atoms with van der Waals surface area (Å²) in [6.07, 6.45) is 6.35. The summed E-state index contributed by atoms with van der Waals surface area (Å²) in [7, 11) is 0. The largest absolute Gasteiger partial charge is 0.339 e. The van der Waals surface area contributed by atoms with Gasteiger partial charge >= 0.3 is 0 Å². The van der Waals surface area contributed by atoms with Crippen molar-refractivity contribution in [3.63, 3.8) is 0 Å². The predicted octanol–water partition coefficient (Wildman–Crippen LogP) is 4.62. The van der Waals surface area contributed by atoms with Crippen LogP contribution in [-0.2, 0) is 4.79 Å². The molecule has 1 N–H and O–H groups in total. The van der Waals surface area contributed by atoms with Crippen LogP contribution in [0.5, 0.6) is 0 Å². The smallest absolute Gasteiger partial charge is 0.255 e. The topological polar surface area (TPSA) is 49.4 Å². The number of carbonyl (C=O) groups excluding carboxylic acids is 2. The standard InChI is InChI=1S/C21H21ClN2O2/c22-17-8-6-7-16(15-17)11-12-20(25)23-19-10-3-2-9-18(19)21(26)24-13-4-1-5-14-24/h2-3,6-12,15H,1,4-5,13-14H2,(H,23,25)/b12-11+. The van der Waals surface area contributed by atoms with Gasteiger partial charge in [0.15, 0.2) is 0 Å². The van der Waals surface area contributed by atoms with Crippen LogP contribution in [0.2, 0.25) is 5.02 Å². The summed E-state index contributed by atoms with van der Waals surface area (Å²) in [5, 5.41) is 3.42. The number of hydrogen-bond acceptors (Lipinski definition) is 2. The van der Waals surface area contributed by atoms with E-state index in [4.69, 9.17) is 11.6 Å². The summed E-state index contributed by atoms with van der Waals surface area (Å²) in [6, 6.07) is 14.4. The van der Waals surface area contributed by atoms with Crippen LogP contribution in [0.25, 0.3) is 6.08 Å². The Kier molecular flexibility index (Phi) is 6.08. The Labute approximate surface area is 158 Å². The van der Waals surface area contributed by atoms with Gasteiger partial charge in [-0.1, -0.05) is 35.9 Å². The number of anilines is 1. The maximum Gasteiger partial charge on any atom is 0.255 e. The summed E-state index contributed by atoms with van der Waals surface area (Å²) in [6.45, 7) is 1.55. The van der Waals surface area contributed by atoms with E-state index in [1.165, 1.54) is 6.08 Å². The third-order valence-corrected chi connectivity index (χ3v) is 4.57. The van der Waals surface area contributed by atoms with Gasteiger partial charge in [0.05, 0.1) is 11.3 Å². The molecule has 1 aliphatic rings. The van der Waals surface area contributed by atoms with Gasteiger partial charge in [-0.3, -0.25) is 9.59 Å². The van der Waals surface area contributed by atoms with E-state index in [1.54, 1.807) is 30.3 Å². The van der Waals surface area contributed by atoms with E-state index in [0.717, 1.165) is 37.9 Å². The summed E-state index contributed by atoms with van der Waals surface area (Å²) in [5.41, 5.74) is 1.90. The molecular formula is C21H21ClN2O2. The maximum absolute atomic E-state index is 12.8. The fraction of sp³-hybridized carbons (Fsp3) is 0.238. The van der Waals surface area contributed by atoms with Crippen LogP contribution in [0.3, 0.4) is 0 Å². The Hall–Kier alpha value is -2.59.